The number of hydrogen-bond acceptors (Lipinski definition) is 4. The third-order valence-electron chi connectivity index (χ3n) is 2.77. The van der Waals surface area contributed by atoms with Gasteiger partial charge in [-0.05, 0) is 27.7 Å². The predicted octanol–water partition coefficient (Wildman–Crippen LogP) is 2.58. The lowest BCUT2D eigenvalue weighted by Gasteiger charge is -2.38. The number of alkyl halides is 2. The first-order chi connectivity index (χ1) is 9.06. The summed E-state index contributed by atoms with van der Waals surface area (Å²) >= 11 is 0. The smallest absolute Gasteiger partial charge is 0.411 e. The van der Waals surface area contributed by atoms with Gasteiger partial charge in [-0.25, -0.2) is 18.4 Å². The first-order valence-corrected chi connectivity index (χ1v) is 6.60. The first kappa shape index (κ1) is 16.7. The molecule has 0 aromatic heterocycles. The molecule has 1 heterocycles. The van der Waals surface area contributed by atoms with Crippen LogP contribution in [0.15, 0.2) is 0 Å². The van der Waals surface area contributed by atoms with Crippen LogP contribution in [0.1, 0.15) is 40.5 Å². The molecule has 1 aliphatic rings. The maximum absolute atomic E-state index is 13.4. The highest BCUT2D eigenvalue weighted by molar-refractivity contribution is 5.82. The van der Waals surface area contributed by atoms with E-state index in [2.05, 4.69) is 0 Å². The Bertz CT molecular complexity index is 379. The average Bonchev–Trinajstić information content (AvgIpc) is 2.25. The number of hydrogen-bond donors (Lipinski definition) is 0. The Kier molecular flexibility index (Phi) is 4.94. The van der Waals surface area contributed by atoms with Gasteiger partial charge in [-0.15, -0.1) is 0 Å². The summed E-state index contributed by atoms with van der Waals surface area (Å²) in [6.45, 7) is 6.43. The van der Waals surface area contributed by atoms with Crippen LogP contribution in [0, 0.1) is 0 Å². The van der Waals surface area contributed by atoms with E-state index in [9.17, 15) is 18.4 Å². The number of ether oxygens (including phenoxy) is 2. The molecule has 1 saturated heterocycles. The molecule has 116 valence electrons. The van der Waals surface area contributed by atoms with Crippen LogP contribution in [-0.4, -0.2) is 47.7 Å². The van der Waals surface area contributed by atoms with Crippen molar-refractivity contribution in [1.29, 1.82) is 0 Å². The number of piperidine rings is 1. The van der Waals surface area contributed by atoms with Crippen LogP contribution < -0.4 is 0 Å². The molecule has 7 heteroatoms. The molecule has 0 aromatic carbocycles. The largest absolute Gasteiger partial charge is 0.464 e. The fourth-order valence-corrected chi connectivity index (χ4v) is 1.92. The van der Waals surface area contributed by atoms with Gasteiger partial charge in [-0.3, -0.25) is 4.90 Å². The van der Waals surface area contributed by atoms with Crippen LogP contribution >= 0.6 is 0 Å². The second kappa shape index (κ2) is 5.93. The first-order valence-electron chi connectivity index (χ1n) is 6.60. The number of amides is 1. The quantitative estimate of drug-likeness (QED) is 0.734. The molecule has 1 atom stereocenters. The van der Waals surface area contributed by atoms with Crippen LogP contribution in [-0.2, 0) is 14.3 Å². The van der Waals surface area contributed by atoms with Crippen molar-refractivity contribution in [2.24, 2.45) is 0 Å². The van der Waals surface area contributed by atoms with E-state index in [0.717, 1.165) is 4.90 Å². The summed E-state index contributed by atoms with van der Waals surface area (Å²) in [6, 6.07) is -1.30. The highest BCUT2D eigenvalue weighted by Crippen LogP contribution is 2.33. The van der Waals surface area contributed by atoms with E-state index in [1.807, 2.05) is 0 Å². The van der Waals surface area contributed by atoms with Gasteiger partial charge >= 0.3 is 12.1 Å². The molecule has 0 aliphatic carbocycles. The van der Waals surface area contributed by atoms with Crippen LogP contribution in [0.5, 0.6) is 0 Å². The van der Waals surface area contributed by atoms with E-state index in [1.165, 1.54) is 0 Å². The molecule has 5 nitrogen and oxygen atoms in total. The van der Waals surface area contributed by atoms with Gasteiger partial charge in [0.05, 0.1) is 6.61 Å². The number of halogens is 2. The van der Waals surface area contributed by atoms with E-state index >= 15 is 0 Å². The summed E-state index contributed by atoms with van der Waals surface area (Å²) in [5.41, 5.74) is -0.754. The Morgan fingerprint density at radius 1 is 1.35 bits per heavy atom. The molecule has 1 amide bonds. The van der Waals surface area contributed by atoms with Gasteiger partial charge in [-0.2, -0.15) is 0 Å². The van der Waals surface area contributed by atoms with Crippen LogP contribution in [0.25, 0.3) is 0 Å². The highest BCUT2D eigenvalue weighted by atomic mass is 19.3. The predicted molar refractivity (Wildman–Crippen MR) is 67.5 cm³/mol. The lowest BCUT2D eigenvalue weighted by atomic mass is 9.99. The third kappa shape index (κ3) is 4.61. The summed E-state index contributed by atoms with van der Waals surface area (Å²) < 4.78 is 36.8. The molecule has 0 radical (unpaired) electrons. The Balaban J connectivity index is 2.86. The molecular weight excluding hydrogens is 272 g/mol. The molecule has 1 rings (SSSR count). The van der Waals surface area contributed by atoms with Gasteiger partial charge in [-0.1, -0.05) is 0 Å². The summed E-state index contributed by atoms with van der Waals surface area (Å²) in [4.78, 5) is 24.8. The molecule has 0 unspecified atom stereocenters. The molecule has 1 aliphatic heterocycles. The van der Waals surface area contributed by atoms with Crippen molar-refractivity contribution in [3.8, 4) is 0 Å². The SMILES string of the molecule is CCOC(=O)[C@@H]1CC(F)(F)CCN1C(=O)OC(C)(C)C. The van der Waals surface area contributed by atoms with Crippen LogP contribution in [0.4, 0.5) is 13.6 Å². The Labute approximate surface area is 117 Å². The van der Waals surface area contributed by atoms with Gasteiger partial charge in [0, 0.05) is 19.4 Å². The summed E-state index contributed by atoms with van der Waals surface area (Å²) in [5, 5.41) is 0. The Morgan fingerprint density at radius 3 is 2.45 bits per heavy atom. The molecule has 1 fully saturated rings. The van der Waals surface area contributed by atoms with E-state index in [0.29, 0.717) is 0 Å². The van der Waals surface area contributed by atoms with Crippen molar-refractivity contribution in [2.75, 3.05) is 13.2 Å². The van der Waals surface area contributed by atoms with E-state index in [4.69, 9.17) is 9.47 Å². The minimum Gasteiger partial charge on any atom is -0.464 e. The zero-order valence-corrected chi connectivity index (χ0v) is 12.2. The lowest BCUT2D eigenvalue weighted by molar-refractivity contribution is -0.158. The van der Waals surface area contributed by atoms with Crippen molar-refractivity contribution in [3.63, 3.8) is 0 Å². The number of carbonyl (C=O) groups is 2. The average molecular weight is 293 g/mol. The van der Waals surface area contributed by atoms with Crippen molar-refractivity contribution in [1.82, 2.24) is 4.90 Å². The van der Waals surface area contributed by atoms with E-state index in [1.54, 1.807) is 27.7 Å². The second-order valence-corrected chi connectivity index (χ2v) is 5.75. The normalized spacial score (nSPS) is 22.3. The van der Waals surface area contributed by atoms with Gasteiger partial charge in [0.1, 0.15) is 11.6 Å². The Hall–Kier alpha value is -1.40. The molecule has 20 heavy (non-hydrogen) atoms. The molecule has 0 aromatic rings. The van der Waals surface area contributed by atoms with E-state index in [-0.39, 0.29) is 13.2 Å². The zero-order valence-electron chi connectivity index (χ0n) is 12.2. The molecule has 0 saturated carbocycles. The second-order valence-electron chi connectivity index (χ2n) is 5.75. The summed E-state index contributed by atoms with van der Waals surface area (Å²) in [7, 11) is 0. The van der Waals surface area contributed by atoms with Gasteiger partial charge in [0.2, 0.25) is 0 Å². The number of rotatable bonds is 2. The maximum Gasteiger partial charge on any atom is 0.411 e. The van der Waals surface area contributed by atoms with Gasteiger partial charge < -0.3 is 9.47 Å². The number of likely N-dealkylation sites (tertiary alicyclic amines) is 1. The summed E-state index contributed by atoms with van der Waals surface area (Å²) in [6.07, 6.45) is -1.99. The third-order valence-corrected chi connectivity index (χ3v) is 2.77. The maximum atomic E-state index is 13.4. The molecule has 0 bridgehead atoms. The number of nitrogens with zero attached hydrogens (tertiary/aromatic N) is 1. The molecule has 0 N–H and O–H groups in total. The Morgan fingerprint density at radius 2 is 1.95 bits per heavy atom. The van der Waals surface area contributed by atoms with Crippen molar-refractivity contribution < 1.29 is 27.8 Å². The standard InChI is InChI=1S/C13H21F2NO4/c1-5-19-10(17)9-8-13(14,15)6-7-16(9)11(18)20-12(2,3)4/h9H,5-8H2,1-4H3/t9-/m0/s1. The van der Waals surface area contributed by atoms with Crippen molar-refractivity contribution in [3.05, 3.63) is 0 Å². The van der Waals surface area contributed by atoms with Crippen LogP contribution in [0.2, 0.25) is 0 Å². The van der Waals surface area contributed by atoms with Gasteiger partial charge in [0.15, 0.2) is 0 Å². The van der Waals surface area contributed by atoms with E-state index < -0.39 is 42.5 Å². The van der Waals surface area contributed by atoms with Crippen molar-refractivity contribution >= 4 is 12.1 Å². The minimum absolute atomic E-state index is 0.0725. The fraction of sp³-hybridized carbons (Fsp3) is 0.846. The number of carbonyl (C=O) groups excluding carboxylic acids is 2. The fourth-order valence-electron chi connectivity index (χ4n) is 1.92. The highest BCUT2D eigenvalue weighted by Gasteiger charge is 2.46. The number of esters is 1. The zero-order chi connectivity index (χ0) is 15.6. The van der Waals surface area contributed by atoms with Crippen molar-refractivity contribution in [2.45, 2.75) is 58.1 Å². The van der Waals surface area contributed by atoms with Crippen LogP contribution in [0.3, 0.4) is 0 Å². The monoisotopic (exact) mass is 293 g/mol. The minimum atomic E-state index is -2.98. The summed E-state index contributed by atoms with van der Waals surface area (Å²) in [5.74, 6) is -3.80. The molecule has 0 spiro atoms. The lowest BCUT2D eigenvalue weighted by Crippen LogP contribution is -2.54. The molecular formula is C13H21F2NO4. The topological polar surface area (TPSA) is 55.8 Å². The van der Waals surface area contributed by atoms with Gasteiger partial charge in [0.25, 0.3) is 5.92 Å².